The molecule has 94 valence electrons. The molecule has 0 radical (unpaired) electrons. The van der Waals surface area contributed by atoms with Crippen LogP contribution < -0.4 is 5.73 Å². The highest BCUT2D eigenvalue weighted by Gasteiger charge is 2.16. The van der Waals surface area contributed by atoms with Gasteiger partial charge in [-0.3, -0.25) is 0 Å². The van der Waals surface area contributed by atoms with Crippen molar-refractivity contribution in [2.75, 3.05) is 0 Å². The summed E-state index contributed by atoms with van der Waals surface area (Å²) in [5, 5.41) is 8.03. The summed E-state index contributed by atoms with van der Waals surface area (Å²) < 4.78 is 13.7. The molecule has 0 amide bonds. The second-order valence-corrected chi connectivity index (χ2v) is 5.33. The minimum Gasteiger partial charge on any atom is -0.322 e. The Morgan fingerprint density at radius 3 is 2.78 bits per heavy atom. The number of nitrogens with two attached hydrogens (primary N) is 1. The van der Waals surface area contributed by atoms with E-state index in [0.717, 1.165) is 5.70 Å². The number of rotatable bonds is 2. The lowest BCUT2D eigenvalue weighted by molar-refractivity contribution is 0.585. The monoisotopic (exact) mass is 309 g/mol. The van der Waals surface area contributed by atoms with Crippen molar-refractivity contribution in [3.63, 3.8) is 0 Å². The number of nitrogens with zero attached hydrogens (tertiary/aromatic N) is 2. The van der Waals surface area contributed by atoms with Gasteiger partial charge in [0, 0.05) is 11.6 Å². The van der Waals surface area contributed by atoms with Gasteiger partial charge in [0.25, 0.3) is 0 Å². The fraction of sp³-hybridized carbons (Fsp3) is 0.231. The normalized spacial score (nSPS) is 23.4. The van der Waals surface area contributed by atoms with Crippen LogP contribution in [-0.4, -0.2) is 5.54 Å². The quantitative estimate of drug-likeness (QED) is 0.816. The lowest BCUT2D eigenvalue weighted by Gasteiger charge is -2.20. The second-order valence-electron chi connectivity index (χ2n) is 4.47. The van der Waals surface area contributed by atoms with Crippen molar-refractivity contribution in [2.24, 2.45) is 16.0 Å². The molecule has 1 aliphatic rings. The first-order chi connectivity index (χ1) is 8.46. The maximum Gasteiger partial charge on any atom is 0.139 e. The lowest BCUT2D eigenvalue weighted by atomic mass is 9.94. The Labute approximate surface area is 113 Å². The zero-order chi connectivity index (χ0) is 13.2. The highest BCUT2D eigenvalue weighted by molar-refractivity contribution is 9.10. The van der Waals surface area contributed by atoms with Gasteiger partial charge in [0.2, 0.25) is 0 Å². The van der Waals surface area contributed by atoms with Gasteiger partial charge in [-0.25, -0.2) is 4.39 Å². The summed E-state index contributed by atoms with van der Waals surface area (Å²) >= 11 is 3.09. The van der Waals surface area contributed by atoms with Crippen LogP contribution in [0.5, 0.6) is 0 Å². The number of allylic oxidation sites excluding steroid dienone is 1. The smallest absolute Gasteiger partial charge is 0.139 e. The summed E-state index contributed by atoms with van der Waals surface area (Å²) in [6.45, 7) is 1.94. The van der Waals surface area contributed by atoms with Gasteiger partial charge >= 0.3 is 0 Å². The van der Waals surface area contributed by atoms with Gasteiger partial charge in [-0.05, 0) is 47.5 Å². The minimum atomic E-state index is -0.353. The third-order valence-corrected chi connectivity index (χ3v) is 3.21. The predicted octanol–water partition coefficient (Wildman–Crippen LogP) is 4.23. The summed E-state index contributed by atoms with van der Waals surface area (Å²) in [5.74, 6) is -0.353. The zero-order valence-electron chi connectivity index (χ0n) is 9.90. The molecule has 0 aromatic heterocycles. The van der Waals surface area contributed by atoms with Crippen LogP contribution in [-0.2, 0) is 0 Å². The molecular weight excluding hydrogens is 297 g/mol. The SMILES string of the molecule is CC1(N)C=CC(N=Nc2ccc(Br)c(F)c2)=CC1. The van der Waals surface area contributed by atoms with Crippen LogP contribution in [0.4, 0.5) is 10.1 Å². The summed E-state index contributed by atoms with van der Waals surface area (Å²) in [6.07, 6.45) is 6.34. The van der Waals surface area contributed by atoms with E-state index in [9.17, 15) is 4.39 Å². The maximum atomic E-state index is 13.3. The van der Waals surface area contributed by atoms with E-state index in [4.69, 9.17) is 5.73 Å². The average Bonchev–Trinajstić information content (AvgIpc) is 2.32. The summed E-state index contributed by atoms with van der Waals surface area (Å²) in [5.41, 5.74) is 6.82. The summed E-state index contributed by atoms with van der Waals surface area (Å²) in [6, 6.07) is 4.62. The fourth-order valence-electron chi connectivity index (χ4n) is 1.47. The van der Waals surface area contributed by atoms with Crippen molar-refractivity contribution in [3.8, 4) is 0 Å². The number of hydrogen-bond donors (Lipinski definition) is 1. The van der Waals surface area contributed by atoms with Crippen molar-refractivity contribution in [1.82, 2.24) is 0 Å². The molecule has 2 N–H and O–H groups in total. The van der Waals surface area contributed by atoms with Crippen LogP contribution in [0.2, 0.25) is 0 Å². The third kappa shape index (κ3) is 3.34. The topological polar surface area (TPSA) is 50.7 Å². The highest BCUT2D eigenvalue weighted by atomic mass is 79.9. The number of halogens is 2. The molecule has 5 heteroatoms. The van der Waals surface area contributed by atoms with Crippen LogP contribution in [0.3, 0.4) is 0 Å². The third-order valence-electron chi connectivity index (χ3n) is 2.57. The first-order valence-corrected chi connectivity index (χ1v) is 6.31. The summed E-state index contributed by atoms with van der Waals surface area (Å²) in [4.78, 5) is 0. The number of benzene rings is 1. The van der Waals surface area contributed by atoms with E-state index in [1.165, 1.54) is 6.07 Å². The van der Waals surface area contributed by atoms with E-state index in [-0.39, 0.29) is 11.4 Å². The molecule has 1 aromatic rings. The molecule has 0 bridgehead atoms. The number of azo groups is 1. The van der Waals surface area contributed by atoms with Crippen LogP contribution in [0.25, 0.3) is 0 Å². The molecule has 0 saturated heterocycles. The second kappa shape index (κ2) is 5.12. The van der Waals surface area contributed by atoms with E-state index < -0.39 is 0 Å². The molecule has 18 heavy (non-hydrogen) atoms. The Hall–Kier alpha value is -1.33. The Morgan fingerprint density at radius 2 is 2.17 bits per heavy atom. The molecule has 0 heterocycles. The van der Waals surface area contributed by atoms with E-state index >= 15 is 0 Å². The van der Waals surface area contributed by atoms with Crippen molar-refractivity contribution in [3.05, 3.63) is 52.4 Å². The minimum absolute atomic E-state index is 0.317. The molecular formula is C13H13BrFN3. The molecule has 0 spiro atoms. The molecule has 1 atom stereocenters. The fourth-order valence-corrected chi connectivity index (χ4v) is 1.72. The van der Waals surface area contributed by atoms with Gasteiger partial charge in [-0.15, -0.1) is 0 Å². The standard InChI is InChI=1S/C13H13BrFN3/c1-13(16)6-4-9(5-7-13)17-18-10-2-3-11(14)12(15)8-10/h2-6,8H,7,16H2,1H3. The largest absolute Gasteiger partial charge is 0.322 e. The van der Waals surface area contributed by atoms with Crippen molar-refractivity contribution < 1.29 is 4.39 Å². The van der Waals surface area contributed by atoms with Gasteiger partial charge in [-0.2, -0.15) is 10.2 Å². The van der Waals surface area contributed by atoms with E-state index in [1.54, 1.807) is 12.1 Å². The van der Waals surface area contributed by atoms with Crippen LogP contribution in [0.15, 0.2) is 56.8 Å². The molecule has 1 aliphatic carbocycles. The molecule has 2 rings (SSSR count). The molecule has 0 saturated carbocycles. The summed E-state index contributed by atoms with van der Waals surface area (Å²) in [7, 11) is 0. The van der Waals surface area contributed by atoms with E-state index in [0.29, 0.717) is 16.6 Å². The Morgan fingerprint density at radius 1 is 1.39 bits per heavy atom. The van der Waals surface area contributed by atoms with Gasteiger partial charge in [0.05, 0.1) is 15.9 Å². The van der Waals surface area contributed by atoms with Gasteiger partial charge in [-0.1, -0.05) is 12.2 Å². The Balaban J connectivity index is 2.10. The molecule has 0 fully saturated rings. The molecule has 3 nitrogen and oxygen atoms in total. The van der Waals surface area contributed by atoms with Gasteiger partial charge in [0.15, 0.2) is 0 Å². The average molecular weight is 310 g/mol. The van der Waals surface area contributed by atoms with Gasteiger partial charge < -0.3 is 5.73 Å². The zero-order valence-corrected chi connectivity index (χ0v) is 11.5. The van der Waals surface area contributed by atoms with E-state index in [1.807, 2.05) is 25.2 Å². The van der Waals surface area contributed by atoms with Crippen LogP contribution in [0, 0.1) is 5.82 Å². The Bertz CT molecular complexity index is 547. The van der Waals surface area contributed by atoms with Crippen molar-refractivity contribution in [2.45, 2.75) is 18.9 Å². The maximum absolute atomic E-state index is 13.3. The predicted molar refractivity (Wildman–Crippen MR) is 73.0 cm³/mol. The molecule has 1 aromatic carbocycles. The van der Waals surface area contributed by atoms with Gasteiger partial charge in [0.1, 0.15) is 5.82 Å². The number of hydrogen-bond acceptors (Lipinski definition) is 3. The molecule has 1 unspecified atom stereocenters. The lowest BCUT2D eigenvalue weighted by Crippen LogP contribution is -2.33. The molecule has 0 aliphatic heterocycles. The first kappa shape index (κ1) is 13.1. The van der Waals surface area contributed by atoms with Crippen molar-refractivity contribution in [1.29, 1.82) is 0 Å². The Kier molecular flexibility index (Phi) is 3.73. The van der Waals surface area contributed by atoms with Crippen LogP contribution in [0.1, 0.15) is 13.3 Å². The van der Waals surface area contributed by atoms with E-state index in [2.05, 4.69) is 26.2 Å². The highest BCUT2D eigenvalue weighted by Crippen LogP contribution is 2.23. The van der Waals surface area contributed by atoms with Crippen molar-refractivity contribution >= 4 is 21.6 Å². The van der Waals surface area contributed by atoms with Crippen LogP contribution >= 0.6 is 15.9 Å². The first-order valence-electron chi connectivity index (χ1n) is 5.51.